The zero-order valence-electron chi connectivity index (χ0n) is 14.3. The lowest BCUT2D eigenvalue weighted by Crippen LogP contribution is -2.30. The first-order chi connectivity index (χ1) is 12.2. The van der Waals surface area contributed by atoms with Gasteiger partial charge in [0, 0.05) is 17.7 Å². The summed E-state index contributed by atoms with van der Waals surface area (Å²) in [5, 5.41) is 2.49. The minimum Gasteiger partial charge on any atom is -0.481 e. The van der Waals surface area contributed by atoms with Crippen molar-refractivity contribution >= 4 is 17.4 Å². The van der Waals surface area contributed by atoms with Gasteiger partial charge >= 0.3 is 6.18 Å². The molecule has 0 saturated carbocycles. The number of amides is 1. The van der Waals surface area contributed by atoms with Gasteiger partial charge in [-0.1, -0.05) is 6.92 Å². The molecule has 0 aliphatic rings. The van der Waals surface area contributed by atoms with E-state index in [0.29, 0.717) is 17.7 Å². The molecule has 0 saturated heterocycles. The number of benzene rings is 2. The molecule has 1 atom stereocenters. The molecule has 7 heteroatoms. The van der Waals surface area contributed by atoms with Crippen molar-refractivity contribution < 1.29 is 27.5 Å². The smallest absolute Gasteiger partial charge is 0.416 e. The zero-order chi connectivity index (χ0) is 19.3. The van der Waals surface area contributed by atoms with E-state index in [1.165, 1.54) is 19.1 Å². The Morgan fingerprint density at radius 1 is 1.04 bits per heavy atom. The highest BCUT2D eigenvalue weighted by Crippen LogP contribution is 2.29. The molecule has 1 amide bonds. The second kappa shape index (κ2) is 8.03. The van der Waals surface area contributed by atoms with Crippen LogP contribution < -0.4 is 10.1 Å². The van der Waals surface area contributed by atoms with Crippen LogP contribution in [0.2, 0.25) is 0 Å². The normalized spacial score (nSPS) is 12.3. The van der Waals surface area contributed by atoms with Gasteiger partial charge in [0.2, 0.25) is 0 Å². The Labute approximate surface area is 149 Å². The largest absolute Gasteiger partial charge is 0.481 e. The van der Waals surface area contributed by atoms with Crippen molar-refractivity contribution in [2.75, 3.05) is 5.32 Å². The summed E-state index contributed by atoms with van der Waals surface area (Å²) < 4.78 is 43.1. The van der Waals surface area contributed by atoms with Gasteiger partial charge in [-0.2, -0.15) is 13.2 Å². The average molecular weight is 365 g/mol. The first kappa shape index (κ1) is 19.5. The SMILES string of the molecule is CCC(=O)c1ccc(OC(C)C(=O)Nc2ccc(C(F)(F)F)cc2)cc1. The van der Waals surface area contributed by atoms with Gasteiger partial charge in [-0.15, -0.1) is 0 Å². The molecule has 0 spiro atoms. The molecule has 2 rings (SSSR count). The van der Waals surface area contributed by atoms with E-state index < -0.39 is 23.8 Å². The molecule has 26 heavy (non-hydrogen) atoms. The first-order valence-electron chi connectivity index (χ1n) is 7.98. The summed E-state index contributed by atoms with van der Waals surface area (Å²) in [6.07, 6.45) is -4.90. The lowest BCUT2D eigenvalue weighted by atomic mass is 10.1. The molecular weight excluding hydrogens is 347 g/mol. The Hall–Kier alpha value is -2.83. The van der Waals surface area contributed by atoms with Crippen molar-refractivity contribution in [3.8, 4) is 5.75 Å². The summed E-state index contributed by atoms with van der Waals surface area (Å²) in [6, 6.07) is 10.5. The molecule has 0 aliphatic carbocycles. The quantitative estimate of drug-likeness (QED) is 0.755. The summed E-state index contributed by atoms with van der Waals surface area (Å²) in [6.45, 7) is 3.28. The van der Waals surface area contributed by atoms with Crippen LogP contribution in [0.4, 0.5) is 18.9 Å². The van der Waals surface area contributed by atoms with E-state index in [1.807, 2.05) is 0 Å². The highest BCUT2D eigenvalue weighted by atomic mass is 19.4. The number of halogens is 3. The summed E-state index contributed by atoms with van der Waals surface area (Å²) in [5.74, 6) is -0.0872. The van der Waals surface area contributed by atoms with Crippen LogP contribution in [0.1, 0.15) is 36.2 Å². The standard InChI is InChI=1S/C19H18F3NO3/c1-3-17(24)13-4-10-16(11-5-13)26-12(2)18(25)23-15-8-6-14(7-9-15)19(20,21)22/h4-12H,3H2,1-2H3,(H,23,25). The molecular formula is C19H18F3NO3. The fourth-order valence-electron chi connectivity index (χ4n) is 2.17. The number of carbonyl (C=O) groups excluding carboxylic acids is 2. The zero-order valence-corrected chi connectivity index (χ0v) is 14.3. The number of rotatable bonds is 6. The number of carbonyl (C=O) groups is 2. The maximum Gasteiger partial charge on any atom is 0.416 e. The minimum atomic E-state index is -4.43. The second-order valence-electron chi connectivity index (χ2n) is 5.63. The fraction of sp³-hybridized carbons (Fsp3) is 0.263. The van der Waals surface area contributed by atoms with Gasteiger partial charge in [0.05, 0.1) is 5.56 Å². The molecule has 4 nitrogen and oxygen atoms in total. The third-order valence-corrected chi connectivity index (χ3v) is 3.66. The molecule has 0 fully saturated rings. The number of ketones is 1. The average Bonchev–Trinajstić information content (AvgIpc) is 2.61. The van der Waals surface area contributed by atoms with E-state index in [2.05, 4.69) is 5.32 Å². The number of hydrogen-bond acceptors (Lipinski definition) is 3. The predicted molar refractivity (Wildman–Crippen MR) is 91.2 cm³/mol. The van der Waals surface area contributed by atoms with Crippen molar-refractivity contribution in [2.24, 2.45) is 0 Å². The second-order valence-corrected chi connectivity index (χ2v) is 5.63. The van der Waals surface area contributed by atoms with Crippen molar-refractivity contribution in [2.45, 2.75) is 32.5 Å². The summed E-state index contributed by atoms with van der Waals surface area (Å²) in [7, 11) is 0. The molecule has 0 heterocycles. The molecule has 138 valence electrons. The van der Waals surface area contributed by atoms with E-state index in [4.69, 9.17) is 4.74 Å². The van der Waals surface area contributed by atoms with Crippen molar-refractivity contribution in [1.82, 2.24) is 0 Å². The van der Waals surface area contributed by atoms with Crippen LogP contribution in [0, 0.1) is 0 Å². The van der Waals surface area contributed by atoms with Crippen LogP contribution in [-0.4, -0.2) is 17.8 Å². The van der Waals surface area contributed by atoms with Crippen LogP contribution in [0.15, 0.2) is 48.5 Å². The van der Waals surface area contributed by atoms with Crippen LogP contribution in [0.3, 0.4) is 0 Å². The minimum absolute atomic E-state index is 0.00430. The fourth-order valence-corrected chi connectivity index (χ4v) is 2.17. The van der Waals surface area contributed by atoms with Crippen molar-refractivity contribution in [1.29, 1.82) is 0 Å². The molecule has 0 aromatic heterocycles. The number of nitrogens with one attached hydrogen (secondary N) is 1. The maximum atomic E-state index is 12.5. The molecule has 2 aromatic rings. The molecule has 1 unspecified atom stereocenters. The van der Waals surface area contributed by atoms with E-state index in [0.717, 1.165) is 12.1 Å². The molecule has 2 aromatic carbocycles. The van der Waals surface area contributed by atoms with Gasteiger partial charge in [0.25, 0.3) is 5.91 Å². The van der Waals surface area contributed by atoms with Crippen LogP contribution in [-0.2, 0) is 11.0 Å². The number of hydrogen-bond donors (Lipinski definition) is 1. The summed E-state index contributed by atoms with van der Waals surface area (Å²) in [5.41, 5.74) is 0.00515. The molecule has 0 radical (unpaired) electrons. The van der Waals surface area contributed by atoms with Gasteiger partial charge in [0.1, 0.15) is 5.75 Å². The van der Waals surface area contributed by atoms with E-state index in [9.17, 15) is 22.8 Å². The molecule has 1 N–H and O–H groups in total. The van der Waals surface area contributed by atoms with Crippen LogP contribution in [0.5, 0.6) is 5.75 Å². The monoisotopic (exact) mass is 365 g/mol. The summed E-state index contributed by atoms with van der Waals surface area (Å²) in [4.78, 5) is 23.7. The van der Waals surface area contributed by atoms with E-state index in [-0.39, 0.29) is 11.5 Å². The van der Waals surface area contributed by atoms with Gasteiger partial charge in [-0.3, -0.25) is 9.59 Å². The molecule has 0 bridgehead atoms. The Morgan fingerprint density at radius 2 is 1.62 bits per heavy atom. The molecule has 0 aliphatic heterocycles. The first-order valence-corrected chi connectivity index (χ1v) is 7.98. The van der Waals surface area contributed by atoms with Crippen molar-refractivity contribution in [3.63, 3.8) is 0 Å². The van der Waals surface area contributed by atoms with Crippen LogP contribution >= 0.6 is 0 Å². The highest BCUT2D eigenvalue weighted by molar-refractivity contribution is 5.96. The number of anilines is 1. The Bertz CT molecular complexity index is 768. The lowest BCUT2D eigenvalue weighted by molar-refractivity contribution is -0.137. The van der Waals surface area contributed by atoms with Gasteiger partial charge < -0.3 is 10.1 Å². The summed E-state index contributed by atoms with van der Waals surface area (Å²) >= 11 is 0. The maximum absolute atomic E-state index is 12.5. The van der Waals surface area contributed by atoms with Gasteiger partial charge in [-0.25, -0.2) is 0 Å². The topological polar surface area (TPSA) is 55.4 Å². The van der Waals surface area contributed by atoms with E-state index in [1.54, 1.807) is 31.2 Å². The van der Waals surface area contributed by atoms with Crippen LogP contribution in [0.25, 0.3) is 0 Å². The third-order valence-electron chi connectivity index (χ3n) is 3.66. The Morgan fingerprint density at radius 3 is 2.12 bits per heavy atom. The van der Waals surface area contributed by atoms with E-state index >= 15 is 0 Å². The van der Waals surface area contributed by atoms with Gasteiger partial charge in [0.15, 0.2) is 11.9 Å². The van der Waals surface area contributed by atoms with Crippen molar-refractivity contribution in [3.05, 3.63) is 59.7 Å². The number of ether oxygens (including phenoxy) is 1. The number of alkyl halides is 3. The Balaban J connectivity index is 1.96. The lowest BCUT2D eigenvalue weighted by Gasteiger charge is -2.15. The third kappa shape index (κ3) is 5.08. The number of Topliss-reactive ketones (excluding diaryl/α,β-unsaturated/α-hetero) is 1. The Kier molecular flexibility index (Phi) is 6.02. The highest BCUT2D eigenvalue weighted by Gasteiger charge is 2.30. The predicted octanol–water partition coefficient (Wildman–Crippen LogP) is 4.70. The van der Waals surface area contributed by atoms with Gasteiger partial charge in [-0.05, 0) is 55.5 Å².